The summed E-state index contributed by atoms with van der Waals surface area (Å²) in [6, 6.07) is -8.12. The Labute approximate surface area is 488 Å². The van der Waals surface area contributed by atoms with Crippen molar-refractivity contribution in [3.63, 3.8) is 0 Å². The van der Waals surface area contributed by atoms with Crippen LogP contribution in [0.15, 0.2) is 0 Å². The van der Waals surface area contributed by atoms with Gasteiger partial charge in [-0.15, -0.1) is 0 Å². The van der Waals surface area contributed by atoms with Crippen LogP contribution in [0.4, 0.5) is 0 Å². The van der Waals surface area contributed by atoms with Gasteiger partial charge in [-0.25, -0.2) is 28.8 Å². The second-order valence-corrected chi connectivity index (χ2v) is 23.8. The Bertz CT molecular complexity index is 2210. The Balaban J connectivity index is 6.20. The van der Waals surface area contributed by atoms with Crippen molar-refractivity contribution >= 4 is 77.6 Å². The van der Waals surface area contributed by atoms with Crippen LogP contribution in [0.25, 0.3) is 0 Å². The van der Waals surface area contributed by atoms with Gasteiger partial charge in [0, 0.05) is 12.3 Å². The van der Waals surface area contributed by atoms with E-state index >= 15 is 0 Å². The highest BCUT2D eigenvalue weighted by Gasteiger charge is 2.40. The van der Waals surface area contributed by atoms with E-state index in [1.807, 2.05) is 0 Å². The Hall–Kier alpha value is -6.73. The summed E-state index contributed by atoms with van der Waals surface area (Å²) < 4.78 is 32.9. The SMILES string of the molecule is CC(C)C[C@@H](OC(=O)[C@@H](NC(=O)[C@@H](OC(=O)[C@@H](C)NC(=O)[C@@H](CC(C)C)OC(=O)[C@@H](NC(=O)[C@@H](OC(=O)[C@@H](C)NC(=O)[C@@H](CC(C)C)OC(=O)[C@@H](N)CCC=O)C(C)C)C(C)C)C(C)C)C(C)C)C(=O)N[C@H](C)C(=O)O[C@H](C(=O)O)C(C)C. The summed E-state index contributed by atoms with van der Waals surface area (Å²) in [5, 5.41) is 21.8. The van der Waals surface area contributed by atoms with Crippen molar-refractivity contribution in [2.24, 2.45) is 53.1 Å². The summed E-state index contributed by atoms with van der Waals surface area (Å²) in [7, 11) is 0. The van der Waals surface area contributed by atoms with E-state index in [1.54, 1.807) is 96.9 Å². The molecule has 8 N–H and O–H groups in total. The van der Waals surface area contributed by atoms with Crippen LogP contribution in [0.5, 0.6) is 0 Å². The fourth-order valence-electron chi connectivity index (χ4n) is 7.63. The largest absolute Gasteiger partial charge is 0.478 e. The standard InChI is InChI=1S/C57H96N6O20/c1-26(2)23-38(78-55(75)37(58)21-20-22-64)46(65)59-34(17)52(72)81-43(31(11)12)49(68)62-41(29(7)8)56(76)79-39(24-27(3)4)47(66)60-35(18)53(73)82-44(32(13)14)50(69)63-42(30(9)10)57(77)80-40(25-28(5)6)48(67)61-36(19)54(74)83-45(33(15)16)51(70)71/h22,26-45H,20-21,23-25,58H2,1-19H3,(H,59,65)(H,60,66)(H,61,67)(H,62,68)(H,63,69)(H,70,71)/t34-,35-,36-,37+,38-,39-,40-,41+,42+,43+,44+,45+/m1/s1. The Morgan fingerprint density at radius 2 is 0.651 bits per heavy atom. The normalized spacial score (nSPS) is 16.0. The third-order valence-corrected chi connectivity index (χ3v) is 12.5. The van der Waals surface area contributed by atoms with E-state index in [-0.39, 0.29) is 49.9 Å². The molecule has 0 aliphatic heterocycles. The van der Waals surface area contributed by atoms with Crippen LogP contribution < -0.4 is 32.3 Å². The molecular formula is C57H96N6O20. The molecule has 474 valence electrons. The summed E-state index contributed by atoms with van der Waals surface area (Å²) in [4.78, 5) is 170. The summed E-state index contributed by atoms with van der Waals surface area (Å²) in [6.45, 7) is 30.0. The Morgan fingerprint density at radius 1 is 0.373 bits per heavy atom. The lowest BCUT2D eigenvalue weighted by Gasteiger charge is -2.29. The van der Waals surface area contributed by atoms with E-state index in [0.29, 0.717) is 6.29 Å². The average Bonchev–Trinajstić information content (AvgIpc) is 3.45. The minimum Gasteiger partial charge on any atom is -0.478 e. The maximum Gasteiger partial charge on any atom is 0.345 e. The van der Waals surface area contributed by atoms with E-state index in [2.05, 4.69) is 26.6 Å². The van der Waals surface area contributed by atoms with Gasteiger partial charge < -0.3 is 70.6 Å². The Kier molecular flexibility index (Phi) is 33.8. The monoisotopic (exact) mass is 1180 g/mol. The van der Waals surface area contributed by atoms with Crippen molar-refractivity contribution < 1.29 is 95.9 Å². The molecule has 26 heteroatoms. The first-order chi connectivity index (χ1) is 38.3. The molecule has 0 saturated carbocycles. The predicted molar refractivity (Wildman–Crippen MR) is 299 cm³/mol. The second-order valence-electron chi connectivity index (χ2n) is 23.8. The molecular weight excluding hydrogens is 1090 g/mol. The number of aldehydes is 1. The molecule has 83 heavy (non-hydrogen) atoms. The molecule has 0 unspecified atom stereocenters. The van der Waals surface area contributed by atoms with Gasteiger partial charge in [-0.2, -0.15) is 0 Å². The first kappa shape index (κ1) is 76.3. The van der Waals surface area contributed by atoms with Crippen LogP contribution in [-0.2, 0) is 90.8 Å². The van der Waals surface area contributed by atoms with Gasteiger partial charge in [-0.1, -0.05) is 111 Å². The van der Waals surface area contributed by atoms with Crippen molar-refractivity contribution in [1.82, 2.24) is 26.6 Å². The summed E-state index contributed by atoms with van der Waals surface area (Å²) in [6.07, 6.45) is -8.30. The van der Waals surface area contributed by atoms with Gasteiger partial charge in [0.2, 0.25) is 6.10 Å². The molecule has 26 nitrogen and oxygen atoms in total. The van der Waals surface area contributed by atoms with Crippen LogP contribution in [0.3, 0.4) is 0 Å². The van der Waals surface area contributed by atoms with Crippen LogP contribution in [0, 0.1) is 47.3 Å². The lowest BCUT2D eigenvalue weighted by Crippen LogP contribution is -2.54. The fraction of sp³-hybridized carbons (Fsp3) is 0.772. The van der Waals surface area contributed by atoms with Crippen molar-refractivity contribution in [3.8, 4) is 0 Å². The predicted octanol–water partition coefficient (Wildman–Crippen LogP) is 2.75. The van der Waals surface area contributed by atoms with Crippen molar-refractivity contribution in [2.45, 2.75) is 237 Å². The van der Waals surface area contributed by atoms with E-state index in [0.717, 1.165) is 0 Å². The number of esters is 6. The van der Waals surface area contributed by atoms with E-state index in [1.165, 1.54) is 34.6 Å². The highest BCUT2D eigenvalue weighted by atomic mass is 16.6. The lowest BCUT2D eigenvalue weighted by molar-refractivity contribution is -0.169. The third-order valence-electron chi connectivity index (χ3n) is 12.5. The average molecular weight is 1190 g/mol. The third kappa shape index (κ3) is 27.5. The van der Waals surface area contributed by atoms with Crippen LogP contribution in [-0.4, -0.2) is 156 Å². The van der Waals surface area contributed by atoms with Gasteiger partial charge in [0.1, 0.15) is 42.5 Å². The number of hydrogen-bond donors (Lipinski definition) is 7. The minimum absolute atomic E-state index is 0.00174. The van der Waals surface area contributed by atoms with Gasteiger partial charge in [0.25, 0.3) is 29.5 Å². The number of amides is 5. The van der Waals surface area contributed by atoms with E-state index < -0.39 is 174 Å². The molecule has 0 radical (unpaired) electrons. The molecule has 0 aliphatic rings. The Morgan fingerprint density at radius 3 is 0.892 bits per heavy atom. The molecule has 0 aromatic carbocycles. The summed E-state index contributed by atoms with van der Waals surface area (Å²) in [5.74, 6) is -15.9. The van der Waals surface area contributed by atoms with Crippen molar-refractivity contribution in [2.75, 3.05) is 0 Å². The maximum atomic E-state index is 13.9. The number of nitrogens with two attached hydrogens (primary N) is 1. The van der Waals surface area contributed by atoms with E-state index in [4.69, 9.17) is 34.2 Å². The van der Waals surface area contributed by atoms with Crippen LogP contribution in [0.2, 0.25) is 0 Å². The molecule has 0 fully saturated rings. The molecule has 0 spiro atoms. The van der Waals surface area contributed by atoms with E-state index in [9.17, 15) is 67.4 Å². The number of aliphatic carboxylic acids is 1. The number of nitrogens with one attached hydrogen (secondary N) is 5. The number of carbonyl (C=O) groups is 13. The lowest BCUT2D eigenvalue weighted by atomic mass is 10.0. The zero-order chi connectivity index (χ0) is 64.5. The van der Waals surface area contributed by atoms with Crippen molar-refractivity contribution in [1.29, 1.82) is 0 Å². The van der Waals surface area contributed by atoms with Gasteiger partial charge in [0.15, 0.2) is 30.5 Å². The first-order valence-corrected chi connectivity index (χ1v) is 28.4. The number of carboxylic acid groups (broad SMARTS) is 1. The van der Waals surface area contributed by atoms with Crippen molar-refractivity contribution in [3.05, 3.63) is 0 Å². The number of carboxylic acids is 1. The molecule has 0 bridgehead atoms. The molecule has 0 aromatic rings. The topological polar surface area (TPSA) is 384 Å². The highest BCUT2D eigenvalue weighted by molar-refractivity contribution is 5.95. The first-order valence-electron chi connectivity index (χ1n) is 28.4. The molecule has 12 atom stereocenters. The zero-order valence-corrected chi connectivity index (χ0v) is 51.9. The number of rotatable bonds is 37. The van der Waals surface area contributed by atoms with Gasteiger partial charge >= 0.3 is 41.8 Å². The zero-order valence-electron chi connectivity index (χ0n) is 51.9. The minimum atomic E-state index is -1.54. The summed E-state index contributed by atoms with van der Waals surface area (Å²) in [5.41, 5.74) is 5.81. The van der Waals surface area contributed by atoms with Gasteiger partial charge in [-0.3, -0.25) is 28.8 Å². The molecule has 0 aromatic heterocycles. The van der Waals surface area contributed by atoms with Crippen LogP contribution in [0.1, 0.15) is 164 Å². The molecule has 0 saturated heterocycles. The van der Waals surface area contributed by atoms with Crippen LogP contribution >= 0.6 is 0 Å². The molecule has 0 aliphatic carbocycles. The number of ether oxygens (including phenoxy) is 6. The highest BCUT2D eigenvalue weighted by Crippen LogP contribution is 2.19. The fourth-order valence-corrected chi connectivity index (χ4v) is 7.63. The molecule has 0 rings (SSSR count). The number of carbonyl (C=O) groups excluding carboxylic acids is 12. The quantitative estimate of drug-likeness (QED) is 0.0267. The molecule has 5 amide bonds. The maximum absolute atomic E-state index is 13.9. The molecule has 0 heterocycles. The van der Waals surface area contributed by atoms with Gasteiger partial charge in [-0.05, 0) is 87.9 Å². The number of hydrogen-bond acceptors (Lipinski definition) is 20. The van der Waals surface area contributed by atoms with Gasteiger partial charge in [0.05, 0.1) is 0 Å². The second kappa shape index (κ2) is 36.8. The summed E-state index contributed by atoms with van der Waals surface area (Å²) >= 11 is 0. The smallest absolute Gasteiger partial charge is 0.345 e.